The van der Waals surface area contributed by atoms with Crippen molar-refractivity contribution in [1.82, 2.24) is 4.90 Å². The topological polar surface area (TPSA) is 26.7 Å². The van der Waals surface area contributed by atoms with E-state index in [0.717, 1.165) is 13.1 Å². The monoisotopic (exact) mass is 264 g/mol. The van der Waals surface area contributed by atoms with E-state index in [-0.39, 0.29) is 12.4 Å². The number of halogens is 1. The molecule has 2 aliphatic rings. The molecule has 104 valence electrons. The molecule has 2 atom stereocenters. The largest absolute Gasteiger partial charge is 0.392 e. The number of hydrogen-bond acceptors (Lipinski definition) is 3. The standard InChI is InChI=1S/C15H21FN2O/c1-11-8-17-6-2-3-13(17)9-18(11)15-5-4-12(10-19)7-14(15)16/h4-5,7,11,13,19H,2-3,6,8-10H2,1H3. The Kier molecular flexibility index (Phi) is 3.46. The summed E-state index contributed by atoms with van der Waals surface area (Å²) in [6, 6.07) is 5.98. The molecule has 0 radical (unpaired) electrons. The van der Waals surface area contributed by atoms with E-state index in [9.17, 15) is 4.39 Å². The summed E-state index contributed by atoms with van der Waals surface area (Å²) in [4.78, 5) is 4.71. The van der Waals surface area contributed by atoms with Gasteiger partial charge in [0.05, 0.1) is 12.3 Å². The van der Waals surface area contributed by atoms with E-state index in [1.165, 1.54) is 25.5 Å². The number of aliphatic hydroxyl groups is 1. The molecule has 3 nitrogen and oxygen atoms in total. The van der Waals surface area contributed by atoms with Crippen molar-refractivity contribution in [1.29, 1.82) is 0 Å². The summed E-state index contributed by atoms with van der Waals surface area (Å²) in [6.45, 7) is 5.17. The number of hydrogen-bond donors (Lipinski definition) is 1. The minimum Gasteiger partial charge on any atom is -0.392 e. The van der Waals surface area contributed by atoms with E-state index in [1.54, 1.807) is 0 Å². The zero-order chi connectivity index (χ0) is 13.4. The molecule has 0 bridgehead atoms. The van der Waals surface area contributed by atoms with Crippen LogP contribution in [0.15, 0.2) is 18.2 Å². The minimum absolute atomic E-state index is 0.108. The molecule has 0 amide bonds. The third kappa shape index (κ3) is 2.35. The number of piperazine rings is 1. The van der Waals surface area contributed by atoms with E-state index >= 15 is 0 Å². The second-order valence-corrected chi connectivity index (χ2v) is 5.74. The maximum Gasteiger partial charge on any atom is 0.146 e. The van der Waals surface area contributed by atoms with E-state index < -0.39 is 0 Å². The molecule has 2 unspecified atom stereocenters. The second kappa shape index (κ2) is 5.10. The Bertz CT molecular complexity index is 465. The predicted octanol–water partition coefficient (Wildman–Crippen LogP) is 1.99. The summed E-state index contributed by atoms with van der Waals surface area (Å²) < 4.78 is 14.2. The Morgan fingerprint density at radius 1 is 1.37 bits per heavy atom. The zero-order valence-electron chi connectivity index (χ0n) is 11.3. The summed E-state index contributed by atoms with van der Waals surface area (Å²) in [5.74, 6) is -0.218. The number of benzene rings is 1. The molecule has 0 aliphatic carbocycles. The molecule has 2 fully saturated rings. The number of aliphatic hydroxyl groups excluding tert-OH is 1. The summed E-state index contributed by atoms with van der Waals surface area (Å²) in [5.41, 5.74) is 1.31. The lowest BCUT2D eigenvalue weighted by Gasteiger charge is -2.43. The first-order valence-corrected chi connectivity index (χ1v) is 7.09. The lowest BCUT2D eigenvalue weighted by molar-refractivity contribution is 0.202. The molecule has 2 aliphatic heterocycles. The molecule has 2 saturated heterocycles. The van der Waals surface area contributed by atoms with Gasteiger partial charge < -0.3 is 10.0 Å². The predicted molar refractivity (Wildman–Crippen MR) is 73.7 cm³/mol. The van der Waals surface area contributed by atoms with Crippen molar-refractivity contribution < 1.29 is 9.50 Å². The molecule has 4 heteroatoms. The van der Waals surface area contributed by atoms with Crippen LogP contribution in [0.1, 0.15) is 25.3 Å². The lowest BCUT2D eigenvalue weighted by atomic mass is 10.1. The molecular formula is C15H21FN2O. The Balaban J connectivity index is 1.84. The smallest absolute Gasteiger partial charge is 0.146 e. The highest BCUT2D eigenvalue weighted by molar-refractivity contribution is 5.51. The van der Waals surface area contributed by atoms with Crippen molar-refractivity contribution in [2.75, 3.05) is 24.5 Å². The third-order valence-corrected chi connectivity index (χ3v) is 4.44. The van der Waals surface area contributed by atoms with Crippen LogP contribution in [0, 0.1) is 5.82 Å². The number of nitrogens with zero attached hydrogens (tertiary/aromatic N) is 2. The molecule has 1 aromatic carbocycles. The first-order valence-electron chi connectivity index (χ1n) is 7.09. The van der Waals surface area contributed by atoms with Crippen LogP contribution in [-0.4, -0.2) is 41.7 Å². The Morgan fingerprint density at radius 2 is 2.21 bits per heavy atom. The number of rotatable bonds is 2. The van der Waals surface area contributed by atoms with Gasteiger partial charge in [-0.3, -0.25) is 4.90 Å². The highest BCUT2D eigenvalue weighted by Gasteiger charge is 2.35. The van der Waals surface area contributed by atoms with Crippen LogP contribution in [0.4, 0.5) is 10.1 Å². The number of anilines is 1. The average Bonchev–Trinajstić information content (AvgIpc) is 2.85. The van der Waals surface area contributed by atoms with Gasteiger partial charge in [0.15, 0.2) is 0 Å². The molecule has 1 N–H and O–H groups in total. The van der Waals surface area contributed by atoms with Gasteiger partial charge in [0.2, 0.25) is 0 Å². The fourth-order valence-corrected chi connectivity index (χ4v) is 3.40. The maximum atomic E-state index is 14.2. The Hall–Kier alpha value is -1.13. The van der Waals surface area contributed by atoms with Gasteiger partial charge in [-0.1, -0.05) is 6.07 Å². The Morgan fingerprint density at radius 3 is 2.95 bits per heavy atom. The van der Waals surface area contributed by atoms with Crippen LogP contribution >= 0.6 is 0 Å². The normalized spacial score (nSPS) is 27.6. The quantitative estimate of drug-likeness (QED) is 0.885. The molecule has 0 aromatic heterocycles. The van der Waals surface area contributed by atoms with Crippen molar-refractivity contribution in [3.05, 3.63) is 29.6 Å². The third-order valence-electron chi connectivity index (χ3n) is 4.44. The SMILES string of the molecule is CC1CN2CCCC2CN1c1ccc(CO)cc1F. The van der Waals surface area contributed by atoms with Crippen LogP contribution in [0.2, 0.25) is 0 Å². The molecular weight excluding hydrogens is 243 g/mol. The average molecular weight is 264 g/mol. The summed E-state index contributed by atoms with van der Waals surface area (Å²) in [7, 11) is 0. The fourth-order valence-electron chi connectivity index (χ4n) is 3.40. The van der Waals surface area contributed by atoms with Gasteiger partial charge in [0.25, 0.3) is 0 Å². The van der Waals surface area contributed by atoms with E-state index in [2.05, 4.69) is 16.7 Å². The Labute approximate surface area is 113 Å². The second-order valence-electron chi connectivity index (χ2n) is 5.74. The summed E-state index contributed by atoms with van der Waals surface area (Å²) in [5, 5.41) is 9.05. The van der Waals surface area contributed by atoms with Crippen molar-refractivity contribution in [2.45, 2.75) is 38.5 Å². The van der Waals surface area contributed by atoms with Gasteiger partial charge in [-0.05, 0) is 44.0 Å². The van der Waals surface area contributed by atoms with E-state index in [0.29, 0.717) is 23.3 Å². The molecule has 1 aromatic rings. The van der Waals surface area contributed by atoms with E-state index in [1.807, 2.05) is 12.1 Å². The molecule has 2 heterocycles. The summed E-state index contributed by atoms with van der Waals surface area (Å²) >= 11 is 0. The highest BCUT2D eigenvalue weighted by Crippen LogP contribution is 2.30. The molecule has 19 heavy (non-hydrogen) atoms. The van der Waals surface area contributed by atoms with Gasteiger partial charge in [-0.2, -0.15) is 0 Å². The maximum absolute atomic E-state index is 14.2. The van der Waals surface area contributed by atoms with Crippen molar-refractivity contribution in [2.24, 2.45) is 0 Å². The van der Waals surface area contributed by atoms with Gasteiger partial charge >= 0.3 is 0 Å². The first kappa shape index (κ1) is 12.9. The lowest BCUT2D eigenvalue weighted by Crippen LogP contribution is -2.55. The van der Waals surface area contributed by atoms with Crippen molar-refractivity contribution in [3.63, 3.8) is 0 Å². The van der Waals surface area contributed by atoms with Gasteiger partial charge in [-0.25, -0.2) is 4.39 Å². The van der Waals surface area contributed by atoms with E-state index in [4.69, 9.17) is 5.11 Å². The first-order chi connectivity index (χ1) is 9.19. The minimum atomic E-state index is -0.218. The molecule has 0 saturated carbocycles. The van der Waals surface area contributed by atoms with Crippen LogP contribution in [0.3, 0.4) is 0 Å². The van der Waals surface area contributed by atoms with Crippen LogP contribution in [-0.2, 0) is 6.61 Å². The molecule has 3 rings (SSSR count). The summed E-state index contributed by atoms with van der Waals surface area (Å²) in [6.07, 6.45) is 2.48. The van der Waals surface area contributed by atoms with Crippen molar-refractivity contribution >= 4 is 5.69 Å². The van der Waals surface area contributed by atoms with Gasteiger partial charge in [-0.15, -0.1) is 0 Å². The van der Waals surface area contributed by atoms with Gasteiger partial charge in [0.1, 0.15) is 5.82 Å². The highest BCUT2D eigenvalue weighted by atomic mass is 19.1. The van der Waals surface area contributed by atoms with Crippen LogP contribution in [0.5, 0.6) is 0 Å². The zero-order valence-corrected chi connectivity index (χ0v) is 11.3. The van der Waals surface area contributed by atoms with Crippen LogP contribution < -0.4 is 4.90 Å². The van der Waals surface area contributed by atoms with Crippen LogP contribution in [0.25, 0.3) is 0 Å². The van der Waals surface area contributed by atoms with Gasteiger partial charge in [0, 0.05) is 25.2 Å². The number of fused-ring (bicyclic) bond motifs is 1. The fraction of sp³-hybridized carbons (Fsp3) is 0.600. The molecule has 0 spiro atoms. The van der Waals surface area contributed by atoms with Crippen molar-refractivity contribution in [3.8, 4) is 0 Å².